The summed E-state index contributed by atoms with van der Waals surface area (Å²) in [4.78, 5) is 13.3. The highest BCUT2D eigenvalue weighted by atomic mass is 16.5. The van der Waals surface area contributed by atoms with Crippen LogP contribution in [0.25, 0.3) is 0 Å². The van der Waals surface area contributed by atoms with Gasteiger partial charge in [-0.15, -0.1) is 0 Å². The molecule has 3 N–H and O–H groups in total. The lowest BCUT2D eigenvalue weighted by Gasteiger charge is -2.42. The summed E-state index contributed by atoms with van der Waals surface area (Å²) in [5.74, 6) is 1.10. The van der Waals surface area contributed by atoms with Gasteiger partial charge in [0, 0.05) is 49.3 Å². The molecule has 3 aromatic rings. The van der Waals surface area contributed by atoms with Crippen LogP contribution >= 0.6 is 0 Å². The number of ether oxygens (including phenoxy) is 5. The van der Waals surface area contributed by atoms with Gasteiger partial charge in [-0.05, 0) is 53.8 Å². The van der Waals surface area contributed by atoms with Gasteiger partial charge < -0.3 is 44.1 Å². The van der Waals surface area contributed by atoms with Crippen LogP contribution in [0, 0.1) is 0 Å². The predicted molar refractivity (Wildman–Crippen MR) is 184 cm³/mol. The van der Waals surface area contributed by atoms with E-state index >= 15 is 0 Å². The minimum atomic E-state index is -1.07. The van der Waals surface area contributed by atoms with Gasteiger partial charge in [0.2, 0.25) is 0 Å². The van der Waals surface area contributed by atoms with Gasteiger partial charge in [-0.2, -0.15) is 0 Å². The predicted octanol–water partition coefficient (Wildman–Crippen LogP) is 6.38. The Morgan fingerprint density at radius 2 is 1.79 bits per heavy atom. The number of rotatable bonds is 16. The van der Waals surface area contributed by atoms with E-state index in [0.717, 1.165) is 47.5 Å². The molecule has 260 valence electrons. The standard InChI is InChI=1S/C38H50N2O8/c1-38(2)25-39-31-21-27(14-17-30(31)38)34(11-7-18-44-3)48-35-23-40(37(42)43)22-32(41)36(35)26-12-15-29(16-13-26)47-20-8-19-46-24-28-9-5-6-10-33(28)45-4/h5-6,9-10,12-17,21,32,34-36,39,41H,7-8,11,18-20,22-25H2,1-4H3,(H,42,43)/t32-,34?,35+,36+/m1/s1. The molecule has 0 aliphatic carbocycles. The van der Waals surface area contributed by atoms with Gasteiger partial charge in [0.25, 0.3) is 0 Å². The van der Waals surface area contributed by atoms with Crippen LogP contribution in [0.2, 0.25) is 0 Å². The Balaban J connectivity index is 1.24. The van der Waals surface area contributed by atoms with Crippen molar-refractivity contribution in [1.29, 1.82) is 0 Å². The highest BCUT2D eigenvalue weighted by molar-refractivity contribution is 5.65. The fraction of sp³-hybridized carbons (Fsp3) is 0.500. The molecule has 10 nitrogen and oxygen atoms in total. The molecule has 48 heavy (non-hydrogen) atoms. The van der Waals surface area contributed by atoms with Crippen molar-refractivity contribution in [3.8, 4) is 11.5 Å². The first-order valence-electron chi connectivity index (χ1n) is 16.8. The molecule has 2 aliphatic rings. The third-order valence-electron chi connectivity index (χ3n) is 9.33. The second kappa shape index (κ2) is 16.5. The Morgan fingerprint density at radius 1 is 1.00 bits per heavy atom. The van der Waals surface area contributed by atoms with Gasteiger partial charge >= 0.3 is 6.09 Å². The molecule has 4 atom stereocenters. The van der Waals surface area contributed by atoms with Gasteiger partial charge in [-0.1, -0.05) is 56.3 Å². The molecule has 0 spiro atoms. The lowest BCUT2D eigenvalue weighted by molar-refractivity contribution is -0.0946. The molecule has 1 saturated heterocycles. The van der Waals surface area contributed by atoms with Crippen molar-refractivity contribution in [2.75, 3.05) is 59.0 Å². The number of carboxylic acid groups (broad SMARTS) is 1. The topological polar surface area (TPSA) is 119 Å². The van der Waals surface area contributed by atoms with Crippen molar-refractivity contribution in [2.24, 2.45) is 0 Å². The van der Waals surface area contributed by atoms with Crippen LogP contribution in [0.15, 0.2) is 66.7 Å². The highest BCUT2D eigenvalue weighted by Gasteiger charge is 2.41. The molecule has 0 radical (unpaired) electrons. The Bertz CT molecular complexity index is 1480. The number of nitrogens with one attached hydrogen (secondary N) is 1. The quantitative estimate of drug-likeness (QED) is 0.150. The third-order valence-corrected chi connectivity index (χ3v) is 9.33. The second-order valence-electron chi connectivity index (χ2n) is 13.3. The number of amides is 1. The van der Waals surface area contributed by atoms with E-state index in [4.69, 9.17) is 23.7 Å². The Morgan fingerprint density at radius 3 is 2.54 bits per heavy atom. The van der Waals surface area contributed by atoms with E-state index in [1.807, 2.05) is 48.5 Å². The van der Waals surface area contributed by atoms with E-state index < -0.39 is 24.2 Å². The molecular weight excluding hydrogens is 612 g/mol. The molecular formula is C38H50N2O8. The van der Waals surface area contributed by atoms with Gasteiger partial charge in [0.05, 0.1) is 58.3 Å². The third kappa shape index (κ3) is 8.79. The number of benzene rings is 3. The van der Waals surface area contributed by atoms with E-state index in [9.17, 15) is 15.0 Å². The van der Waals surface area contributed by atoms with Crippen LogP contribution in [-0.2, 0) is 26.2 Å². The van der Waals surface area contributed by atoms with Crippen molar-refractivity contribution in [3.05, 3.63) is 89.0 Å². The summed E-state index contributed by atoms with van der Waals surface area (Å²) in [6.45, 7) is 7.58. The van der Waals surface area contributed by atoms with Crippen LogP contribution in [-0.4, -0.2) is 87.1 Å². The van der Waals surface area contributed by atoms with Crippen LogP contribution in [0.4, 0.5) is 10.5 Å². The lowest BCUT2D eigenvalue weighted by Crippen LogP contribution is -2.53. The van der Waals surface area contributed by atoms with Crippen molar-refractivity contribution >= 4 is 11.8 Å². The molecule has 3 aromatic carbocycles. The molecule has 1 amide bonds. The van der Waals surface area contributed by atoms with Crippen LogP contribution in [0.5, 0.6) is 11.5 Å². The van der Waals surface area contributed by atoms with E-state index in [0.29, 0.717) is 38.6 Å². The summed E-state index contributed by atoms with van der Waals surface area (Å²) >= 11 is 0. The fourth-order valence-electron chi connectivity index (χ4n) is 6.70. The molecule has 2 aliphatic heterocycles. The molecule has 10 heteroatoms. The van der Waals surface area contributed by atoms with Gasteiger partial charge in [0.1, 0.15) is 11.5 Å². The maximum absolute atomic E-state index is 12.1. The van der Waals surface area contributed by atoms with Crippen LogP contribution in [0.3, 0.4) is 0 Å². The molecule has 5 rings (SSSR count). The number of piperidine rings is 1. The first-order valence-corrected chi connectivity index (χ1v) is 16.8. The molecule has 0 saturated carbocycles. The summed E-state index contributed by atoms with van der Waals surface area (Å²) in [7, 11) is 3.33. The zero-order valence-corrected chi connectivity index (χ0v) is 28.5. The van der Waals surface area contributed by atoms with E-state index in [1.54, 1.807) is 14.2 Å². The number of para-hydroxylation sites is 1. The molecule has 1 unspecified atom stereocenters. The van der Waals surface area contributed by atoms with Crippen LogP contribution in [0.1, 0.15) is 67.4 Å². The minimum Gasteiger partial charge on any atom is -0.496 e. The molecule has 0 bridgehead atoms. The van der Waals surface area contributed by atoms with Crippen molar-refractivity contribution in [1.82, 2.24) is 4.90 Å². The van der Waals surface area contributed by atoms with Crippen molar-refractivity contribution < 1.29 is 38.7 Å². The van der Waals surface area contributed by atoms with Gasteiger partial charge in [0.15, 0.2) is 0 Å². The molecule has 1 fully saturated rings. The number of anilines is 1. The number of hydrogen-bond donors (Lipinski definition) is 3. The number of nitrogens with zero attached hydrogens (tertiary/aromatic N) is 1. The monoisotopic (exact) mass is 662 g/mol. The lowest BCUT2D eigenvalue weighted by atomic mass is 9.84. The first-order chi connectivity index (χ1) is 23.2. The number of aliphatic hydroxyl groups excluding tert-OH is 1. The van der Waals surface area contributed by atoms with Crippen molar-refractivity contribution in [3.63, 3.8) is 0 Å². The summed E-state index contributed by atoms with van der Waals surface area (Å²) in [6, 6.07) is 21.9. The smallest absolute Gasteiger partial charge is 0.407 e. The number of hydrogen-bond acceptors (Lipinski definition) is 8. The van der Waals surface area contributed by atoms with Gasteiger partial charge in [-0.3, -0.25) is 0 Å². The maximum atomic E-state index is 12.1. The average molecular weight is 663 g/mol. The van der Waals surface area contributed by atoms with Crippen LogP contribution < -0.4 is 14.8 Å². The van der Waals surface area contributed by atoms with Crippen molar-refractivity contribution in [2.45, 2.75) is 69.4 Å². The number of aliphatic hydroxyl groups is 1. The zero-order chi connectivity index (χ0) is 34.1. The number of likely N-dealkylation sites (tertiary alicyclic amines) is 1. The number of methoxy groups -OCH3 is 2. The summed E-state index contributed by atoms with van der Waals surface area (Å²) in [5, 5.41) is 24.7. The zero-order valence-electron chi connectivity index (χ0n) is 28.5. The first kappa shape index (κ1) is 35.5. The van der Waals surface area contributed by atoms with E-state index in [1.165, 1.54) is 10.5 Å². The van der Waals surface area contributed by atoms with E-state index in [2.05, 4.69) is 37.4 Å². The highest BCUT2D eigenvalue weighted by Crippen LogP contribution is 2.41. The number of β-amino-alcohol motifs (C(OH)–C–C–N with tert-alkyl or cyclic N) is 1. The van der Waals surface area contributed by atoms with E-state index in [-0.39, 0.29) is 24.6 Å². The Hall–Kier alpha value is -3.83. The normalized spacial score (nSPS) is 20.5. The Kier molecular flexibility index (Phi) is 12.2. The summed E-state index contributed by atoms with van der Waals surface area (Å²) in [5.41, 5.74) is 5.31. The average Bonchev–Trinajstić information content (AvgIpc) is 3.39. The molecule has 0 aromatic heterocycles. The molecule has 2 heterocycles. The maximum Gasteiger partial charge on any atom is 0.407 e. The summed E-state index contributed by atoms with van der Waals surface area (Å²) in [6.07, 6.45) is -0.695. The Labute approximate surface area is 283 Å². The largest absolute Gasteiger partial charge is 0.496 e. The second-order valence-corrected chi connectivity index (χ2v) is 13.3. The fourth-order valence-corrected chi connectivity index (χ4v) is 6.70. The SMILES string of the molecule is COCCCC(O[C@H]1CN(C(=O)O)C[C@@H](O)[C@@H]1c1ccc(OCCCOCc2ccccc2OC)cc1)c1ccc2c(c1)NCC2(C)C. The summed E-state index contributed by atoms with van der Waals surface area (Å²) < 4.78 is 29.3. The number of carbonyl (C=O) groups is 1. The minimum absolute atomic E-state index is 0.0131. The van der Waals surface area contributed by atoms with Gasteiger partial charge in [-0.25, -0.2) is 4.79 Å². The number of fused-ring (bicyclic) bond motifs is 1.